The molecule has 59 heavy (non-hydrogen) atoms. The average Bonchev–Trinajstić information content (AvgIpc) is 3.19. The molecule has 21 heteroatoms. The number of carbonyl (C=O) groups excluding carboxylic acids is 4. The first-order valence-corrected chi connectivity index (χ1v) is 16.0. The van der Waals surface area contributed by atoms with Crippen LogP contribution < -0.4 is 32.3 Å². The van der Waals surface area contributed by atoms with Crippen molar-refractivity contribution in [1.82, 2.24) is 19.9 Å². The Morgan fingerprint density at radius 2 is 0.847 bits per heavy atom. The number of benzene rings is 2. The van der Waals surface area contributed by atoms with Gasteiger partial charge in [-0.05, 0) is 84.9 Å². The Balaban J connectivity index is 0.000000287. The zero-order valence-corrected chi connectivity index (χ0v) is 30.6. The average molecular weight is 870 g/mol. The number of carboxylic acids is 2. The molecule has 1 radical (unpaired) electrons. The fourth-order valence-corrected chi connectivity index (χ4v) is 4.19. The molecule has 309 valence electrons. The predicted molar refractivity (Wildman–Crippen MR) is 192 cm³/mol. The third-order valence-corrected chi connectivity index (χ3v) is 6.89. The maximum Gasteiger partial charge on any atom is 2.00 e. The van der Waals surface area contributed by atoms with Crippen molar-refractivity contribution in [2.75, 3.05) is 10.6 Å². The van der Waals surface area contributed by atoms with Gasteiger partial charge < -0.3 is 41.9 Å². The molecule has 0 fully saturated rings. The number of hydrogen-bond donors (Lipinski definition) is 4. The molecule has 0 spiro atoms. The van der Waals surface area contributed by atoms with E-state index in [1.807, 2.05) is 0 Å². The second kappa shape index (κ2) is 22.4. The monoisotopic (exact) mass is 869 g/mol. The number of carboxylic acid groups (broad SMARTS) is 2. The van der Waals surface area contributed by atoms with Crippen LogP contribution in [0.15, 0.2) is 134 Å². The second-order valence-electron chi connectivity index (χ2n) is 11.0. The van der Waals surface area contributed by atoms with Gasteiger partial charge in [0.05, 0.1) is 23.1 Å². The molecule has 6 aromatic rings. The van der Waals surface area contributed by atoms with E-state index in [1.54, 1.807) is 24.3 Å². The van der Waals surface area contributed by atoms with Crippen molar-refractivity contribution in [2.45, 2.75) is 12.4 Å². The third-order valence-electron chi connectivity index (χ3n) is 6.89. The maximum atomic E-state index is 12.6. The molecule has 0 saturated heterocycles. The zero-order chi connectivity index (χ0) is 42.9. The van der Waals surface area contributed by atoms with Gasteiger partial charge in [-0.2, -0.15) is 26.3 Å². The SMILES string of the molecule is NC(=O)c1ccncc1.NC(=O)c1ccncc1.O=C([O-])c1cccnc1Nc1cccc(C(F)(F)F)c1.O=C([O-])c1cccnc1Nc1cccc(C(F)(F)F)c1.[Cu+2]. The number of aromatic carboxylic acids is 2. The molecule has 0 atom stereocenters. The quantitative estimate of drug-likeness (QED) is 0.119. The Labute approximate surface area is 340 Å². The van der Waals surface area contributed by atoms with E-state index in [0.29, 0.717) is 11.1 Å². The van der Waals surface area contributed by atoms with Crippen LogP contribution in [0.5, 0.6) is 0 Å². The molecule has 0 saturated carbocycles. The number of pyridine rings is 4. The zero-order valence-electron chi connectivity index (χ0n) is 29.7. The van der Waals surface area contributed by atoms with E-state index in [2.05, 4.69) is 30.6 Å². The first-order valence-electron chi connectivity index (χ1n) is 16.0. The van der Waals surface area contributed by atoms with Crippen LogP contribution in [0.3, 0.4) is 0 Å². The predicted octanol–water partition coefficient (Wildman–Crippen LogP) is 4.77. The Morgan fingerprint density at radius 1 is 0.508 bits per heavy atom. The number of amides is 2. The van der Waals surface area contributed by atoms with E-state index >= 15 is 0 Å². The van der Waals surface area contributed by atoms with E-state index in [-0.39, 0.29) is 51.2 Å². The van der Waals surface area contributed by atoms with Gasteiger partial charge in [-0.25, -0.2) is 9.97 Å². The summed E-state index contributed by atoms with van der Waals surface area (Å²) in [7, 11) is 0. The van der Waals surface area contributed by atoms with Gasteiger partial charge in [0, 0.05) is 70.8 Å². The van der Waals surface area contributed by atoms with Gasteiger partial charge in [0.2, 0.25) is 11.8 Å². The summed E-state index contributed by atoms with van der Waals surface area (Å²) in [6.45, 7) is 0. The van der Waals surface area contributed by atoms with Gasteiger partial charge in [-0.15, -0.1) is 0 Å². The van der Waals surface area contributed by atoms with Crippen LogP contribution in [0.1, 0.15) is 52.6 Å². The normalized spacial score (nSPS) is 10.3. The summed E-state index contributed by atoms with van der Waals surface area (Å²) in [5, 5.41) is 26.8. The number of nitrogens with one attached hydrogen (secondary N) is 2. The Hall–Kier alpha value is -7.38. The van der Waals surface area contributed by atoms with E-state index in [1.165, 1.54) is 85.7 Å². The maximum absolute atomic E-state index is 12.6. The van der Waals surface area contributed by atoms with Crippen molar-refractivity contribution in [3.63, 3.8) is 0 Å². The van der Waals surface area contributed by atoms with Crippen LogP contribution in [-0.2, 0) is 29.4 Å². The number of nitrogens with zero attached hydrogens (tertiary/aromatic N) is 4. The van der Waals surface area contributed by atoms with Crippen molar-refractivity contribution in [1.29, 1.82) is 0 Å². The number of rotatable bonds is 8. The molecule has 6 N–H and O–H groups in total. The van der Waals surface area contributed by atoms with Crippen molar-refractivity contribution >= 4 is 46.8 Å². The van der Waals surface area contributed by atoms with Gasteiger partial charge in [0.1, 0.15) is 11.6 Å². The number of halogens is 6. The number of alkyl halides is 6. The molecule has 0 bridgehead atoms. The number of nitrogens with two attached hydrogens (primary N) is 2. The van der Waals surface area contributed by atoms with Gasteiger partial charge in [0.25, 0.3) is 0 Å². The Kier molecular flexibility index (Phi) is 18.1. The third kappa shape index (κ3) is 15.9. The first-order chi connectivity index (χ1) is 27.4. The van der Waals surface area contributed by atoms with Gasteiger partial charge in [0.15, 0.2) is 0 Å². The van der Waals surface area contributed by atoms with E-state index in [4.69, 9.17) is 11.5 Å². The van der Waals surface area contributed by atoms with Crippen molar-refractivity contribution in [3.05, 3.63) is 168 Å². The fraction of sp³-hybridized carbons (Fsp3) is 0.0526. The standard InChI is InChI=1S/2C13H9F3N2O2.2C6H6N2O.Cu/c2*14-13(15,16)8-3-1-4-9(7-8)18-11-10(12(19)20)5-2-6-17-11;2*7-6(9)5-1-3-8-4-2-5;/h2*1-7H,(H,17,18)(H,19,20);2*1-4H,(H2,7,9);/q;;;;+2/p-2. The van der Waals surface area contributed by atoms with Crippen molar-refractivity contribution in [3.8, 4) is 0 Å². The molecule has 14 nitrogen and oxygen atoms in total. The first kappa shape index (κ1) is 47.8. The van der Waals surface area contributed by atoms with Crippen LogP contribution in [-0.4, -0.2) is 43.7 Å². The largest absolute Gasteiger partial charge is 2.00 e. The summed E-state index contributed by atoms with van der Waals surface area (Å²) in [5.74, 6) is -3.92. The minimum atomic E-state index is -4.47. The van der Waals surface area contributed by atoms with Crippen LogP contribution in [0.2, 0.25) is 0 Å². The number of aromatic nitrogens is 4. The number of hydrogen-bond acceptors (Lipinski definition) is 12. The second-order valence-corrected chi connectivity index (χ2v) is 11.0. The minimum Gasteiger partial charge on any atom is -0.545 e. The summed E-state index contributed by atoms with van der Waals surface area (Å²) < 4.78 is 75.4. The molecule has 2 amide bonds. The van der Waals surface area contributed by atoms with E-state index < -0.39 is 47.2 Å². The molecule has 0 aliphatic heterocycles. The molecule has 0 unspecified atom stereocenters. The van der Waals surface area contributed by atoms with Crippen LogP contribution in [0, 0.1) is 0 Å². The number of anilines is 4. The molecule has 0 aliphatic rings. The van der Waals surface area contributed by atoms with Gasteiger partial charge in [-0.1, -0.05) is 12.1 Å². The number of primary amides is 2. The summed E-state index contributed by atoms with van der Waals surface area (Å²) in [6, 6.07) is 20.3. The molecule has 0 aliphatic carbocycles. The van der Waals surface area contributed by atoms with Crippen LogP contribution in [0.25, 0.3) is 0 Å². The van der Waals surface area contributed by atoms with Crippen LogP contribution in [0.4, 0.5) is 49.4 Å². The molecule has 6 rings (SSSR count). The molecule has 4 aromatic heterocycles. The number of carbonyl (C=O) groups is 4. The molecular formula is C38H28CuF6N8O6. The molecule has 4 heterocycles. The minimum absolute atomic E-state index is 0. The van der Waals surface area contributed by atoms with Gasteiger partial charge in [-0.3, -0.25) is 19.6 Å². The van der Waals surface area contributed by atoms with E-state index in [0.717, 1.165) is 24.3 Å². The summed E-state index contributed by atoms with van der Waals surface area (Å²) in [5.41, 5.74) is 8.90. The van der Waals surface area contributed by atoms with Crippen molar-refractivity contribution < 1.29 is 72.8 Å². The Bertz CT molecular complexity index is 2160. The van der Waals surface area contributed by atoms with Crippen LogP contribution >= 0.6 is 0 Å². The summed E-state index contributed by atoms with van der Waals surface area (Å²) in [6.07, 6.45) is -0.191. The fourth-order valence-electron chi connectivity index (χ4n) is 4.19. The van der Waals surface area contributed by atoms with Crippen molar-refractivity contribution in [2.24, 2.45) is 11.5 Å². The molecular weight excluding hydrogens is 842 g/mol. The van der Waals surface area contributed by atoms with Gasteiger partial charge >= 0.3 is 29.4 Å². The molecule has 2 aromatic carbocycles. The smallest absolute Gasteiger partial charge is 0.545 e. The summed E-state index contributed by atoms with van der Waals surface area (Å²) >= 11 is 0. The topological polar surface area (TPSA) is 242 Å². The Morgan fingerprint density at radius 3 is 1.12 bits per heavy atom. The summed E-state index contributed by atoms with van der Waals surface area (Å²) in [4.78, 5) is 57.5. The van der Waals surface area contributed by atoms with E-state index in [9.17, 15) is 55.7 Å².